The van der Waals surface area contributed by atoms with E-state index < -0.39 is 33.6 Å². The van der Waals surface area contributed by atoms with E-state index in [-0.39, 0.29) is 0 Å². The second-order valence-electron chi connectivity index (χ2n) is 4.80. The van der Waals surface area contributed by atoms with Gasteiger partial charge in [0, 0.05) is 10.9 Å². The van der Waals surface area contributed by atoms with E-state index in [1.165, 1.54) is 28.2 Å². The first-order valence-corrected chi connectivity index (χ1v) is 8.75. The summed E-state index contributed by atoms with van der Waals surface area (Å²) >= 11 is 1.39. The molecule has 1 aromatic carbocycles. The van der Waals surface area contributed by atoms with Gasteiger partial charge < -0.3 is 0 Å². The number of thiazole rings is 1. The van der Waals surface area contributed by atoms with Crippen LogP contribution in [0.1, 0.15) is 5.01 Å². The topological polar surface area (TPSA) is 59.1 Å². The second kappa shape index (κ2) is 6.37. The summed E-state index contributed by atoms with van der Waals surface area (Å²) in [5, 5.41) is 2.55. The number of aryl methyl sites for hydroxylation is 1. The summed E-state index contributed by atoms with van der Waals surface area (Å²) < 4.78 is 86.7. The molecule has 0 aliphatic carbocycles. The highest BCUT2D eigenvalue weighted by atomic mass is 32.2. The fourth-order valence-electron chi connectivity index (χ4n) is 1.67. The maximum absolute atomic E-state index is 12.8. The van der Waals surface area contributed by atoms with Gasteiger partial charge in [-0.2, -0.15) is 22.0 Å². The Hall–Kier alpha value is -1.59. The maximum atomic E-state index is 12.8. The van der Waals surface area contributed by atoms with E-state index >= 15 is 0 Å². The van der Waals surface area contributed by atoms with E-state index in [4.69, 9.17) is 0 Å². The highest BCUT2D eigenvalue weighted by Gasteiger charge is 2.57. The third-order valence-electron chi connectivity index (χ3n) is 2.98. The van der Waals surface area contributed by atoms with Crippen molar-refractivity contribution in [2.75, 3.05) is 6.54 Å². The van der Waals surface area contributed by atoms with Gasteiger partial charge in [-0.3, -0.25) is 0 Å². The summed E-state index contributed by atoms with van der Waals surface area (Å²) in [6, 6.07) is 5.01. The van der Waals surface area contributed by atoms with E-state index in [1.807, 2.05) is 0 Å². The van der Waals surface area contributed by atoms with Gasteiger partial charge in [-0.25, -0.2) is 18.1 Å². The molecule has 132 valence electrons. The van der Waals surface area contributed by atoms with Crippen molar-refractivity contribution in [2.45, 2.75) is 23.9 Å². The van der Waals surface area contributed by atoms with Crippen LogP contribution in [-0.4, -0.2) is 32.0 Å². The largest absolute Gasteiger partial charge is 0.454 e. The van der Waals surface area contributed by atoms with Crippen LogP contribution in [0.3, 0.4) is 0 Å². The number of hydrogen-bond donors (Lipinski definition) is 1. The van der Waals surface area contributed by atoms with Crippen LogP contribution in [0.4, 0.5) is 22.0 Å². The van der Waals surface area contributed by atoms with E-state index in [2.05, 4.69) is 4.98 Å². The molecule has 0 radical (unpaired) electrons. The minimum atomic E-state index is -5.83. The predicted molar refractivity (Wildman–Crippen MR) is 78.5 cm³/mol. The molecule has 11 heteroatoms. The van der Waals surface area contributed by atoms with Gasteiger partial charge in [0.2, 0.25) is 10.0 Å². The van der Waals surface area contributed by atoms with Crippen molar-refractivity contribution in [3.8, 4) is 11.3 Å². The molecule has 2 aromatic rings. The lowest BCUT2D eigenvalue weighted by molar-refractivity contribution is -0.277. The molecule has 0 atom stereocenters. The lowest BCUT2D eigenvalue weighted by Crippen LogP contribution is -2.46. The van der Waals surface area contributed by atoms with Crippen molar-refractivity contribution < 1.29 is 30.4 Å². The molecule has 0 saturated heterocycles. The van der Waals surface area contributed by atoms with Gasteiger partial charge in [-0.15, -0.1) is 11.3 Å². The zero-order valence-corrected chi connectivity index (χ0v) is 13.7. The Kier molecular flexibility index (Phi) is 4.98. The summed E-state index contributed by atoms with van der Waals surface area (Å²) in [6.45, 7) is -0.274. The maximum Gasteiger partial charge on any atom is 0.454 e. The predicted octanol–water partition coefficient (Wildman–Crippen LogP) is 3.59. The lowest BCUT2D eigenvalue weighted by atomic mass is 10.2. The van der Waals surface area contributed by atoms with Crippen molar-refractivity contribution in [3.05, 3.63) is 34.7 Å². The first-order chi connectivity index (χ1) is 10.9. The van der Waals surface area contributed by atoms with Crippen LogP contribution in [0.2, 0.25) is 0 Å². The molecule has 4 nitrogen and oxygen atoms in total. The first-order valence-electron chi connectivity index (χ1n) is 6.39. The average molecular weight is 386 g/mol. The Bertz CT molecular complexity index is 814. The molecule has 0 spiro atoms. The number of nitrogens with one attached hydrogen (secondary N) is 1. The van der Waals surface area contributed by atoms with E-state index in [1.54, 1.807) is 12.3 Å². The Balaban J connectivity index is 2.15. The smallest absolute Gasteiger partial charge is 0.242 e. The van der Waals surface area contributed by atoms with Crippen LogP contribution >= 0.6 is 11.3 Å². The lowest BCUT2D eigenvalue weighted by Gasteiger charge is -2.19. The van der Waals surface area contributed by atoms with Crippen LogP contribution < -0.4 is 4.72 Å². The quantitative estimate of drug-likeness (QED) is 0.799. The number of aromatic nitrogens is 1. The first kappa shape index (κ1) is 18.7. The normalized spacial score (nSPS) is 13.2. The van der Waals surface area contributed by atoms with E-state index in [0.29, 0.717) is 11.3 Å². The van der Waals surface area contributed by atoms with Crippen LogP contribution in [0.15, 0.2) is 34.5 Å². The molecule has 0 unspecified atom stereocenters. The van der Waals surface area contributed by atoms with Gasteiger partial charge in [0.05, 0.1) is 22.1 Å². The van der Waals surface area contributed by atoms with Gasteiger partial charge in [-0.05, 0) is 19.1 Å². The fraction of sp³-hybridized carbons (Fsp3) is 0.308. The zero-order valence-electron chi connectivity index (χ0n) is 12.1. The molecule has 0 fully saturated rings. The van der Waals surface area contributed by atoms with Crippen molar-refractivity contribution in [2.24, 2.45) is 0 Å². The van der Waals surface area contributed by atoms with Gasteiger partial charge in [0.15, 0.2) is 0 Å². The molecule has 2 rings (SSSR count). The number of nitrogens with zero attached hydrogens (tertiary/aromatic N) is 1. The third kappa shape index (κ3) is 4.08. The fourth-order valence-corrected chi connectivity index (χ4v) is 3.32. The third-order valence-corrected chi connectivity index (χ3v) is 5.17. The monoisotopic (exact) mass is 386 g/mol. The summed E-state index contributed by atoms with van der Waals surface area (Å²) in [7, 11) is -4.50. The van der Waals surface area contributed by atoms with Gasteiger partial charge >= 0.3 is 12.1 Å². The van der Waals surface area contributed by atoms with Crippen LogP contribution in [0, 0.1) is 6.92 Å². The average Bonchev–Trinajstić information content (AvgIpc) is 2.91. The molecular weight excluding hydrogens is 375 g/mol. The summed E-state index contributed by atoms with van der Waals surface area (Å²) in [5.74, 6) is -5.15. The van der Waals surface area contributed by atoms with Crippen LogP contribution in [-0.2, 0) is 10.0 Å². The Morgan fingerprint density at radius 3 is 2.17 bits per heavy atom. The molecule has 0 aliphatic heterocycles. The number of alkyl halides is 5. The Labute approximate surface area is 138 Å². The summed E-state index contributed by atoms with van der Waals surface area (Å²) in [4.78, 5) is 3.78. The number of rotatable bonds is 5. The van der Waals surface area contributed by atoms with E-state index in [0.717, 1.165) is 17.1 Å². The summed E-state index contributed by atoms with van der Waals surface area (Å²) in [5.41, 5.74) is 1.21. The van der Waals surface area contributed by atoms with Gasteiger partial charge in [0.1, 0.15) is 0 Å². The summed E-state index contributed by atoms with van der Waals surface area (Å²) in [6.07, 6.45) is -5.83. The van der Waals surface area contributed by atoms with E-state index in [9.17, 15) is 30.4 Å². The number of hydrogen-bond acceptors (Lipinski definition) is 4. The number of benzene rings is 1. The van der Waals surface area contributed by atoms with Gasteiger partial charge in [-0.1, -0.05) is 12.1 Å². The van der Waals surface area contributed by atoms with Gasteiger partial charge in [0.25, 0.3) is 0 Å². The van der Waals surface area contributed by atoms with Crippen molar-refractivity contribution in [1.82, 2.24) is 9.71 Å². The number of sulfonamides is 1. The van der Waals surface area contributed by atoms with Crippen LogP contribution in [0.5, 0.6) is 0 Å². The molecule has 0 amide bonds. The molecule has 0 aliphatic rings. The standard InChI is InChI=1S/C13H11F5N2O2S2/c1-8-20-11(6-23-8)9-2-4-10(5-3-9)24(21,22)19-7-12(14,15)13(16,17)18/h2-6,19H,7H2,1H3. The molecular formula is C13H11F5N2O2S2. The van der Waals surface area contributed by atoms with Crippen molar-refractivity contribution in [1.29, 1.82) is 0 Å². The van der Waals surface area contributed by atoms with Crippen LogP contribution in [0.25, 0.3) is 11.3 Å². The molecule has 24 heavy (non-hydrogen) atoms. The minimum Gasteiger partial charge on any atom is -0.242 e. The molecule has 1 aromatic heterocycles. The molecule has 1 heterocycles. The molecule has 0 bridgehead atoms. The zero-order chi connectivity index (χ0) is 18.2. The minimum absolute atomic E-state index is 0.420. The molecule has 1 N–H and O–H groups in total. The second-order valence-corrected chi connectivity index (χ2v) is 7.63. The van der Waals surface area contributed by atoms with Crippen molar-refractivity contribution >= 4 is 21.4 Å². The highest BCUT2D eigenvalue weighted by Crippen LogP contribution is 2.35. The highest BCUT2D eigenvalue weighted by molar-refractivity contribution is 7.89. The number of halogens is 5. The SMILES string of the molecule is Cc1nc(-c2ccc(S(=O)(=O)NCC(F)(F)C(F)(F)F)cc2)cs1. The molecule has 0 saturated carbocycles. The Morgan fingerprint density at radius 1 is 1.12 bits per heavy atom. The van der Waals surface area contributed by atoms with Crippen molar-refractivity contribution in [3.63, 3.8) is 0 Å². The Morgan fingerprint density at radius 2 is 1.71 bits per heavy atom.